The molecule has 0 saturated heterocycles. The van der Waals surface area contributed by atoms with Crippen molar-refractivity contribution in [3.63, 3.8) is 0 Å². The van der Waals surface area contributed by atoms with E-state index in [1.165, 1.54) is 0 Å². The molecule has 20 heavy (non-hydrogen) atoms. The van der Waals surface area contributed by atoms with Crippen molar-refractivity contribution < 1.29 is 9.90 Å². The molecule has 0 radical (unpaired) electrons. The largest absolute Gasteiger partial charge is 0.481 e. The highest BCUT2D eigenvalue weighted by molar-refractivity contribution is 5.70. The summed E-state index contributed by atoms with van der Waals surface area (Å²) in [5, 5.41) is 8.97. The molecule has 0 aromatic carbocycles. The molecule has 0 amide bonds. The summed E-state index contributed by atoms with van der Waals surface area (Å²) in [5.74, 6) is -0.921. The number of carboxylic acids is 1. The van der Waals surface area contributed by atoms with E-state index in [9.17, 15) is 9.59 Å². The second-order valence-corrected chi connectivity index (χ2v) is 5.91. The second-order valence-electron chi connectivity index (χ2n) is 5.91. The molecule has 0 aliphatic rings. The number of carboxylic acid groups (broad SMARTS) is 1. The van der Waals surface area contributed by atoms with Crippen molar-refractivity contribution in [3.8, 4) is 0 Å². The standard InChI is InChI=1S/C14H23N3O3/c1-9-11(7-12(18)19)10(2)17(13(20)15-9)8-14(3,4)16(5)6/h7-8H2,1-6H3,(H,18,19). The van der Waals surface area contributed by atoms with Crippen LogP contribution in [0.1, 0.15) is 30.8 Å². The zero-order valence-corrected chi connectivity index (χ0v) is 13.0. The number of hydrogen-bond acceptors (Lipinski definition) is 4. The van der Waals surface area contributed by atoms with Gasteiger partial charge in [-0.15, -0.1) is 0 Å². The SMILES string of the molecule is Cc1nc(=O)n(CC(C)(C)N(C)C)c(C)c1CC(=O)O. The number of hydrogen-bond donors (Lipinski definition) is 1. The van der Waals surface area contributed by atoms with Gasteiger partial charge >= 0.3 is 11.7 Å². The lowest BCUT2D eigenvalue weighted by Gasteiger charge is -2.33. The Morgan fingerprint density at radius 1 is 1.35 bits per heavy atom. The number of likely N-dealkylation sites (N-methyl/N-ethyl adjacent to an activating group) is 1. The summed E-state index contributed by atoms with van der Waals surface area (Å²) in [6, 6.07) is 0. The lowest BCUT2D eigenvalue weighted by atomic mass is 10.0. The van der Waals surface area contributed by atoms with Crippen molar-refractivity contribution in [2.45, 2.75) is 46.2 Å². The van der Waals surface area contributed by atoms with E-state index in [4.69, 9.17) is 5.11 Å². The first-order valence-electron chi connectivity index (χ1n) is 6.52. The van der Waals surface area contributed by atoms with E-state index in [-0.39, 0.29) is 17.6 Å². The van der Waals surface area contributed by atoms with E-state index < -0.39 is 5.97 Å². The third-order valence-electron chi connectivity index (χ3n) is 3.86. The van der Waals surface area contributed by atoms with E-state index >= 15 is 0 Å². The molecule has 0 unspecified atom stereocenters. The van der Waals surface area contributed by atoms with Gasteiger partial charge < -0.3 is 10.0 Å². The van der Waals surface area contributed by atoms with Crippen LogP contribution in [0.3, 0.4) is 0 Å². The molecule has 1 heterocycles. The van der Waals surface area contributed by atoms with E-state index in [2.05, 4.69) is 4.98 Å². The Morgan fingerprint density at radius 2 is 1.90 bits per heavy atom. The van der Waals surface area contributed by atoms with Gasteiger partial charge in [-0.25, -0.2) is 4.79 Å². The predicted octanol–water partition coefficient (Wildman–Crippen LogP) is 0.827. The molecule has 0 spiro atoms. The molecule has 0 saturated carbocycles. The fourth-order valence-electron chi connectivity index (χ4n) is 1.96. The summed E-state index contributed by atoms with van der Waals surface area (Å²) < 4.78 is 1.56. The molecule has 112 valence electrons. The molecule has 0 bridgehead atoms. The van der Waals surface area contributed by atoms with Crippen LogP contribution in [0.5, 0.6) is 0 Å². The van der Waals surface area contributed by atoms with Gasteiger partial charge in [-0.3, -0.25) is 9.36 Å². The van der Waals surface area contributed by atoms with Crippen molar-refractivity contribution in [1.82, 2.24) is 14.5 Å². The number of aliphatic carboxylic acids is 1. The van der Waals surface area contributed by atoms with Gasteiger partial charge in [0.25, 0.3) is 0 Å². The molecule has 0 fully saturated rings. The van der Waals surface area contributed by atoms with Crippen LogP contribution < -0.4 is 5.69 Å². The highest BCUT2D eigenvalue weighted by atomic mass is 16.4. The van der Waals surface area contributed by atoms with Gasteiger partial charge in [0.15, 0.2) is 0 Å². The Bertz CT molecular complexity index is 574. The minimum Gasteiger partial charge on any atom is -0.481 e. The smallest absolute Gasteiger partial charge is 0.348 e. The van der Waals surface area contributed by atoms with Crippen LogP contribution in [-0.4, -0.2) is 45.2 Å². The van der Waals surface area contributed by atoms with Gasteiger partial charge in [-0.05, 0) is 41.8 Å². The number of carbonyl (C=O) groups is 1. The summed E-state index contributed by atoms with van der Waals surface area (Å²) in [6.45, 7) is 7.96. The zero-order chi connectivity index (χ0) is 15.7. The van der Waals surface area contributed by atoms with E-state index in [1.54, 1.807) is 18.4 Å². The molecule has 1 rings (SSSR count). The first kappa shape index (κ1) is 16.4. The number of aromatic nitrogens is 2. The molecule has 0 atom stereocenters. The average Bonchev–Trinajstić information content (AvgIpc) is 2.29. The Balaban J connectivity index is 3.34. The van der Waals surface area contributed by atoms with Crippen LogP contribution in [0.15, 0.2) is 4.79 Å². The van der Waals surface area contributed by atoms with E-state index in [1.807, 2.05) is 32.8 Å². The third kappa shape index (κ3) is 3.45. The Morgan fingerprint density at radius 3 is 2.35 bits per heavy atom. The van der Waals surface area contributed by atoms with Crippen LogP contribution in [0.4, 0.5) is 0 Å². The predicted molar refractivity (Wildman–Crippen MR) is 77.1 cm³/mol. The minimum atomic E-state index is -0.921. The van der Waals surface area contributed by atoms with Crippen molar-refractivity contribution in [1.29, 1.82) is 0 Å². The topological polar surface area (TPSA) is 75.4 Å². The number of nitrogens with zero attached hydrogens (tertiary/aromatic N) is 3. The molecular formula is C14H23N3O3. The third-order valence-corrected chi connectivity index (χ3v) is 3.86. The summed E-state index contributed by atoms with van der Waals surface area (Å²) >= 11 is 0. The van der Waals surface area contributed by atoms with E-state index in [0.717, 1.165) is 0 Å². The summed E-state index contributed by atoms with van der Waals surface area (Å²) in [7, 11) is 3.89. The van der Waals surface area contributed by atoms with Gasteiger partial charge in [-0.2, -0.15) is 4.98 Å². The maximum absolute atomic E-state index is 12.1. The molecule has 6 heteroatoms. The Kier molecular flexibility index (Phi) is 4.70. The molecular weight excluding hydrogens is 258 g/mol. The molecule has 1 aromatic heterocycles. The zero-order valence-electron chi connectivity index (χ0n) is 13.0. The Labute approximate surface area is 119 Å². The normalized spacial score (nSPS) is 11.9. The van der Waals surface area contributed by atoms with Crippen LogP contribution in [0, 0.1) is 13.8 Å². The monoisotopic (exact) mass is 281 g/mol. The fraction of sp³-hybridized carbons (Fsp3) is 0.643. The average molecular weight is 281 g/mol. The summed E-state index contributed by atoms with van der Waals surface area (Å²) in [4.78, 5) is 29.0. The summed E-state index contributed by atoms with van der Waals surface area (Å²) in [6.07, 6.45) is -0.118. The minimum absolute atomic E-state index is 0.118. The lowest BCUT2D eigenvalue weighted by molar-refractivity contribution is -0.136. The fourth-order valence-corrected chi connectivity index (χ4v) is 1.96. The van der Waals surface area contributed by atoms with Gasteiger partial charge in [-0.1, -0.05) is 0 Å². The van der Waals surface area contributed by atoms with Crippen molar-refractivity contribution in [2.75, 3.05) is 14.1 Å². The van der Waals surface area contributed by atoms with Crippen LogP contribution >= 0.6 is 0 Å². The number of rotatable bonds is 5. The summed E-state index contributed by atoms with van der Waals surface area (Å²) in [5.41, 5.74) is 1.23. The number of aryl methyl sites for hydroxylation is 1. The first-order chi connectivity index (χ1) is 9.06. The first-order valence-corrected chi connectivity index (χ1v) is 6.52. The van der Waals surface area contributed by atoms with Gasteiger partial charge in [0, 0.05) is 29.0 Å². The van der Waals surface area contributed by atoms with Crippen molar-refractivity contribution in [3.05, 3.63) is 27.4 Å². The van der Waals surface area contributed by atoms with Gasteiger partial charge in [0.2, 0.25) is 0 Å². The van der Waals surface area contributed by atoms with Crippen LogP contribution in [0.2, 0.25) is 0 Å². The quantitative estimate of drug-likeness (QED) is 0.865. The molecule has 6 nitrogen and oxygen atoms in total. The van der Waals surface area contributed by atoms with Crippen molar-refractivity contribution >= 4 is 5.97 Å². The van der Waals surface area contributed by atoms with Crippen LogP contribution in [-0.2, 0) is 17.8 Å². The molecule has 0 aliphatic heterocycles. The highest BCUT2D eigenvalue weighted by Gasteiger charge is 2.24. The Hall–Kier alpha value is -1.69. The lowest BCUT2D eigenvalue weighted by Crippen LogP contribution is -2.45. The highest BCUT2D eigenvalue weighted by Crippen LogP contribution is 2.16. The van der Waals surface area contributed by atoms with Crippen LogP contribution in [0.25, 0.3) is 0 Å². The van der Waals surface area contributed by atoms with Crippen molar-refractivity contribution in [2.24, 2.45) is 0 Å². The van der Waals surface area contributed by atoms with E-state index in [0.29, 0.717) is 23.5 Å². The molecule has 1 aromatic rings. The van der Waals surface area contributed by atoms with Gasteiger partial charge in [0.1, 0.15) is 0 Å². The second kappa shape index (κ2) is 5.75. The maximum Gasteiger partial charge on any atom is 0.348 e. The molecule has 1 N–H and O–H groups in total. The van der Waals surface area contributed by atoms with Gasteiger partial charge in [0.05, 0.1) is 6.42 Å². The maximum atomic E-state index is 12.1. The molecule has 0 aliphatic carbocycles.